The van der Waals surface area contributed by atoms with Gasteiger partial charge in [-0.3, -0.25) is 0 Å². The summed E-state index contributed by atoms with van der Waals surface area (Å²) in [4.78, 5) is 0. The van der Waals surface area contributed by atoms with Crippen LogP contribution in [0, 0.1) is 18.3 Å². The van der Waals surface area contributed by atoms with Crippen LogP contribution in [0.5, 0.6) is 5.75 Å². The van der Waals surface area contributed by atoms with Gasteiger partial charge in [0.15, 0.2) is 0 Å². The van der Waals surface area contributed by atoms with Crippen LogP contribution in [0.25, 0.3) is 0 Å². The molecule has 0 aliphatic heterocycles. The van der Waals surface area contributed by atoms with Crippen LogP contribution in [0.1, 0.15) is 38.8 Å². The summed E-state index contributed by atoms with van der Waals surface area (Å²) in [7, 11) is 1.64. The Kier molecular flexibility index (Phi) is 5.60. The Morgan fingerprint density at radius 2 is 1.75 bits per heavy atom. The van der Waals surface area contributed by atoms with Gasteiger partial charge in [0.2, 0.25) is 0 Å². The van der Waals surface area contributed by atoms with Gasteiger partial charge in [-0.2, -0.15) is 5.26 Å². The van der Waals surface area contributed by atoms with Crippen LogP contribution in [-0.2, 0) is 5.41 Å². The van der Waals surface area contributed by atoms with Gasteiger partial charge in [0.1, 0.15) is 5.75 Å². The van der Waals surface area contributed by atoms with Gasteiger partial charge in [0, 0.05) is 0 Å². The van der Waals surface area contributed by atoms with Crippen LogP contribution in [-0.4, -0.2) is 7.11 Å². The Morgan fingerprint density at radius 1 is 1.19 bits per heavy atom. The minimum Gasteiger partial charge on any atom is -0.497 e. The number of hydrogen-bond donors (Lipinski definition) is 0. The topological polar surface area (TPSA) is 33.0 Å². The fraction of sp³-hybridized carbons (Fsp3) is 0.500. The molecule has 1 aromatic rings. The number of methoxy groups -OCH3 is 1. The van der Waals surface area contributed by atoms with Gasteiger partial charge in [-0.1, -0.05) is 19.9 Å². The van der Waals surface area contributed by atoms with E-state index in [0.29, 0.717) is 0 Å². The number of nitrogens with zero attached hydrogens (tertiary/aromatic N) is 1. The van der Waals surface area contributed by atoms with Gasteiger partial charge < -0.3 is 4.74 Å². The molecular weight excluding hydrogens is 198 g/mol. The molecule has 2 nitrogen and oxygen atoms in total. The van der Waals surface area contributed by atoms with Gasteiger partial charge in [-0.25, -0.2) is 0 Å². The molecule has 16 heavy (non-hydrogen) atoms. The Hall–Kier alpha value is -1.49. The lowest BCUT2D eigenvalue weighted by molar-refractivity contribution is 0.413. The predicted molar refractivity (Wildman–Crippen MR) is 67.7 cm³/mol. The third kappa shape index (κ3) is 3.58. The minimum absolute atomic E-state index is 0.459. The van der Waals surface area contributed by atoms with Crippen molar-refractivity contribution < 1.29 is 4.74 Å². The van der Waals surface area contributed by atoms with Crippen molar-refractivity contribution in [2.24, 2.45) is 0 Å². The van der Waals surface area contributed by atoms with Crippen molar-refractivity contribution in [2.75, 3.05) is 7.11 Å². The van der Waals surface area contributed by atoms with Crippen LogP contribution in [0.15, 0.2) is 18.2 Å². The molecule has 0 bridgehead atoms. The second kappa shape index (κ2) is 6.17. The van der Waals surface area contributed by atoms with Gasteiger partial charge in [-0.05, 0) is 44.0 Å². The van der Waals surface area contributed by atoms with Crippen molar-refractivity contribution in [3.63, 3.8) is 0 Å². The highest BCUT2D eigenvalue weighted by molar-refractivity contribution is 5.40. The third-order valence-electron chi connectivity index (χ3n) is 2.29. The first kappa shape index (κ1) is 14.5. The maximum atomic E-state index is 9.01. The molecule has 0 saturated heterocycles. The molecular formula is C14H21NO. The number of rotatable bonds is 2. The zero-order valence-electron chi connectivity index (χ0n) is 11.1. The van der Waals surface area contributed by atoms with E-state index in [9.17, 15) is 0 Å². The maximum Gasteiger partial charge on any atom is 0.119 e. The molecule has 0 fully saturated rings. The number of nitriles is 1. The smallest absolute Gasteiger partial charge is 0.119 e. The van der Waals surface area contributed by atoms with Crippen molar-refractivity contribution in [3.05, 3.63) is 29.3 Å². The van der Waals surface area contributed by atoms with E-state index < -0.39 is 5.41 Å². The molecule has 0 aliphatic rings. The first-order valence-corrected chi connectivity index (χ1v) is 5.57. The van der Waals surface area contributed by atoms with E-state index in [1.165, 1.54) is 0 Å². The van der Waals surface area contributed by atoms with Crippen molar-refractivity contribution in [1.29, 1.82) is 5.26 Å². The lowest BCUT2D eigenvalue weighted by Crippen LogP contribution is -2.14. The molecule has 0 radical (unpaired) electrons. The number of aryl methyl sites for hydroxylation is 1. The second-order valence-corrected chi connectivity index (χ2v) is 3.98. The zero-order valence-corrected chi connectivity index (χ0v) is 11.1. The Balaban J connectivity index is 0.00000106. The number of ether oxygens (including phenoxy) is 1. The summed E-state index contributed by atoms with van der Waals surface area (Å²) in [5.74, 6) is 0.809. The summed E-state index contributed by atoms with van der Waals surface area (Å²) in [5, 5.41) is 9.01. The van der Waals surface area contributed by atoms with Crippen LogP contribution in [0.4, 0.5) is 0 Å². The van der Waals surface area contributed by atoms with Gasteiger partial charge in [0.05, 0.1) is 18.6 Å². The highest BCUT2D eigenvalue weighted by Crippen LogP contribution is 2.27. The summed E-state index contributed by atoms with van der Waals surface area (Å²) in [6, 6.07) is 8.17. The third-order valence-corrected chi connectivity index (χ3v) is 2.29. The molecule has 0 aromatic heterocycles. The second-order valence-electron chi connectivity index (χ2n) is 3.98. The number of benzene rings is 1. The van der Waals surface area contributed by atoms with E-state index in [0.717, 1.165) is 16.9 Å². The first-order valence-electron chi connectivity index (χ1n) is 5.57. The summed E-state index contributed by atoms with van der Waals surface area (Å²) < 4.78 is 5.17. The summed E-state index contributed by atoms with van der Waals surface area (Å²) >= 11 is 0. The lowest BCUT2D eigenvalue weighted by atomic mass is 9.85. The van der Waals surface area contributed by atoms with Crippen LogP contribution < -0.4 is 4.74 Å². The molecule has 2 heteroatoms. The minimum atomic E-state index is -0.459. The SMILES string of the molecule is CC.COc1cc(C)cc(C(C)(C)C#N)c1. The molecule has 0 unspecified atom stereocenters. The summed E-state index contributed by atoms with van der Waals surface area (Å²) in [5.41, 5.74) is 1.65. The van der Waals surface area contributed by atoms with Gasteiger partial charge in [0.25, 0.3) is 0 Å². The van der Waals surface area contributed by atoms with E-state index in [2.05, 4.69) is 6.07 Å². The molecule has 0 heterocycles. The Labute approximate surface area is 98.9 Å². The fourth-order valence-electron chi connectivity index (χ4n) is 1.29. The van der Waals surface area contributed by atoms with Crippen LogP contribution in [0.3, 0.4) is 0 Å². The molecule has 88 valence electrons. The summed E-state index contributed by atoms with van der Waals surface area (Å²) in [6.45, 7) is 9.81. The monoisotopic (exact) mass is 219 g/mol. The van der Waals surface area contributed by atoms with Crippen molar-refractivity contribution in [1.82, 2.24) is 0 Å². The largest absolute Gasteiger partial charge is 0.497 e. The average molecular weight is 219 g/mol. The standard InChI is InChI=1S/C12H15NO.C2H6/c1-9-5-10(12(2,3)8-13)7-11(6-9)14-4;1-2/h5-7H,1-4H3;1-2H3. The van der Waals surface area contributed by atoms with E-state index in [1.54, 1.807) is 7.11 Å². The maximum absolute atomic E-state index is 9.01. The predicted octanol–water partition coefficient (Wildman–Crippen LogP) is 3.83. The quantitative estimate of drug-likeness (QED) is 0.757. The number of hydrogen-bond acceptors (Lipinski definition) is 2. The highest BCUT2D eigenvalue weighted by atomic mass is 16.5. The van der Waals surface area contributed by atoms with E-state index in [1.807, 2.05) is 52.8 Å². The fourth-order valence-corrected chi connectivity index (χ4v) is 1.29. The molecule has 1 aromatic carbocycles. The molecule has 0 spiro atoms. The molecule has 0 atom stereocenters. The highest BCUT2D eigenvalue weighted by Gasteiger charge is 2.20. The van der Waals surface area contributed by atoms with Gasteiger partial charge in [-0.15, -0.1) is 0 Å². The van der Waals surface area contributed by atoms with Gasteiger partial charge >= 0.3 is 0 Å². The van der Waals surface area contributed by atoms with Crippen molar-refractivity contribution in [2.45, 2.75) is 40.0 Å². The van der Waals surface area contributed by atoms with Crippen molar-refractivity contribution in [3.8, 4) is 11.8 Å². The normalized spacial score (nSPS) is 9.81. The molecule has 0 amide bonds. The van der Waals surface area contributed by atoms with Crippen molar-refractivity contribution >= 4 is 0 Å². The molecule has 0 N–H and O–H groups in total. The average Bonchev–Trinajstić information content (AvgIpc) is 2.30. The Bertz CT molecular complexity index is 375. The lowest BCUT2D eigenvalue weighted by Gasteiger charge is -2.17. The zero-order chi connectivity index (χ0) is 12.8. The van der Waals surface area contributed by atoms with E-state index in [-0.39, 0.29) is 0 Å². The van der Waals surface area contributed by atoms with Crippen LogP contribution >= 0.6 is 0 Å². The van der Waals surface area contributed by atoms with E-state index in [4.69, 9.17) is 10.00 Å². The molecule has 0 saturated carbocycles. The summed E-state index contributed by atoms with van der Waals surface area (Å²) in [6.07, 6.45) is 0. The van der Waals surface area contributed by atoms with E-state index >= 15 is 0 Å². The first-order chi connectivity index (χ1) is 7.49. The molecule has 1 rings (SSSR count). The molecule has 0 aliphatic carbocycles. The van der Waals surface area contributed by atoms with Crippen LogP contribution in [0.2, 0.25) is 0 Å². The Morgan fingerprint density at radius 3 is 2.19 bits per heavy atom.